The maximum absolute atomic E-state index is 0. The molecule has 20 heteroatoms. The van der Waals surface area contributed by atoms with E-state index in [9.17, 15) is 0 Å². The van der Waals surface area contributed by atoms with Crippen LogP contribution < -0.4 is 12.4 Å². The van der Waals surface area contributed by atoms with Crippen molar-refractivity contribution < 1.29 is 81.8 Å². The third kappa shape index (κ3) is 2900. The smallest absolute Gasteiger partial charge is 2.00 e. The van der Waals surface area contributed by atoms with E-state index in [1.54, 1.807) is 0 Å². The Morgan fingerprint density at radius 3 is 0.250 bits per heavy atom. The molecule has 0 spiro atoms. The predicted molar refractivity (Wildman–Crippen MR) is 75.4 cm³/mol. The monoisotopic (exact) mass is 597 g/mol. The quantitative estimate of drug-likeness (QED) is 0.261. The Hall–Kier alpha value is 1.52. The van der Waals surface area contributed by atoms with Gasteiger partial charge in [0.05, 0.1) is 0 Å². The van der Waals surface area contributed by atoms with Crippen molar-refractivity contribution in [3.63, 3.8) is 0 Å². The predicted octanol–water partition coefficient (Wildman–Crippen LogP) is 6.80. The van der Waals surface area contributed by atoms with E-state index in [-0.39, 0.29) is 168 Å². The average Bonchev–Trinajstić information content (AvgIpc) is 0. The molecule has 0 saturated heterocycles. The van der Waals surface area contributed by atoms with Crippen LogP contribution in [0.5, 0.6) is 0 Å². The van der Waals surface area contributed by atoms with Gasteiger partial charge in [0.25, 0.3) is 0 Å². The topological polar surface area (TPSA) is 526 Å². The molecule has 0 unspecified atom stereocenters. The summed E-state index contributed by atoms with van der Waals surface area (Å²) in [6.07, 6.45) is 0. The van der Waals surface area contributed by atoms with E-state index < -0.39 is 0 Å². The molecule has 0 fully saturated rings. The van der Waals surface area contributed by atoms with Gasteiger partial charge >= 0.3 is 39.0 Å². The molecule has 150 valence electrons. The Morgan fingerprint density at radius 2 is 0.250 bits per heavy atom. The van der Waals surface area contributed by atoms with Crippen LogP contribution in [-0.4, -0.2) is 0 Å². The maximum Gasteiger partial charge on any atom is 5.00 e. The van der Waals surface area contributed by atoms with Crippen molar-refractivity contribution in [1.82, 2.24) is 0 Å². The molecular formula is H28ClN14O2Ru3-9. The molecule has 0 aromatic heterocycles. The van der Waals surface area contributed by atoms with Crippen LogP contribution in [0.4, 0.5) is 0 Å². The van der Waals surface area contributed by atoms with Crippen molar-refractivity contribution in [1.29, 1.82) is 0 Å². The summed E-state index contributed by atoms with van der Waals surface area (Å²) in [4.78, 5) is 0. The van der Waals surface area contributed by atoms with Crippen molar-refractivity contribution in [2.24, 2.45) is 0 Å². The Balaban J connectivity index is 0. The zero-order valence-electron chi connectivity index (χ0n) is 10.3. The summed E-state index contributed by atoms with van der Waals surface area (Å²) in [5.74, 6) is 0. The summed E-state index contributed by atoms with van der Waals surface area (Å²) >= 11 is 0. The molecule has 16 nitrogen and oxygen atoms in total. The molecule has 0 bridgehead atoms. The molecule has 0 aromatic carbocycles. The van der Waals surface area contributed by atoms with E-state index in [4.69, 9.17) is 0 Å². The summed E-state index contributed by atoms with van der Waals surface area (Å²) < 4.78 is 0. The zero-order chi connectivity index (χ0) is 0. The first-order valence-electron chi connectivity index (χ1n) is 0. The van der Waals surface area contributed by atoms with Gasteiger partial charge in [-0.25, -0.2) is 0 Å². The standard InChI is InChI=1S/ClH.14H2N.2O.3Ru/h1H;14*1H2;;;;;/q;14*-1;2*-2;;2*+5/p-1. The molecular weight excluding hydrogens is 567 g/mol. The van der Waals surface area contributed by atoms with Gasteiger partial charge in [-0.05, 0) is 0 Å². The molecule has 0 aliphatic carbocycles. The van der Waals surface area contributed by atoms with Crippen molar-refractivity contribution >= 4 is 0 Å². The first-order valence-corrected chi connectivity index (χ1v) is 0. The normalized spacial score (nSPS) is 0. The Kier molecular flexibility index (Phi) is 663000. The Bertz CT molecular complexity index is 26.4. The SMILES string of the molecule is [Cl-].[NH2-].[NH2-].[NH2-].[NH2-].[NH2-].[NH2-].[NH2-].[NH2-].[NH2-].[NH2-].[NH2-].[NH2-].[NH2-].[NH2-].[O-2].[O-2].[Ru+5].[Ru+5].[Ru]. The fraction of sp³-hybridized carbons (Fsp3) is 0. The van der Waals surface area contributed by atoms with Gasteiger partial charge in [-0.15, -0.1) is 0 Å². The van der Waals surface area contributed by atoms with Gasteiger partial charge in [0.1, 0.15) is 0 Å². The largest absolute Gasteiger partial charge is 5.00 e. The van der Waals surface area contributed by atoms with Crippen LogP contribution in [0.3, 0.4) is 0 Å². The van der Waals surface area contributed by atoms with Gasteiger partial charge in [-0.2, -0.15) is 0 Å². The van der Waals surface area contributed by atoms with Gasteiger partial charge in [0.2, 0.25) is 0 Å². The fourth-order valence-corrected chi connectivity index (χ4v) is 0. The Labute approximate surface area is 167 Å². The van der Waals surface area contributed by atoms with E-state index in [0.717, 1.165) is 0 Å². The minimum Gasteiger partial charge on any atom is -2.00 e. The summed E-state index contributed by atoms with van der Waals surface area (Å²) in [6.45, 7) is 0. The average molecular weight is 595 g/mol. The van der Waals surface area contributed by atoms with Gasteiger partial charge in [-0.3, -0.25) is 0 Å². The van der Waals surface area contributed by atoms with Gasteiger partial charge < -0.3 is 109 Å². The van der Waals surface area contributed by atoms with Crippen molar-refractivity contribution in [2.45, 2.75) is 0 Å². The second kappa shape index (κ2) is 3380. The van der Waals surface area contributed by atoms with Crippen LogP contribution >= 0.6 is 0 Å². The van der Waals surface area contributed by atoms with Crippen LogP contribution in [0.25, 0.3) is 86.1 Å². The number of hydrogen-bond donors (Lipinski definition) is 0. The summed E-state index contributed by atoms with van der Waals surface area (Å²) in [5.41, 5.74) is 0. The van der Waals surface area contributed by atoms with Crippen LogP contribution in [-0.2, 0) is 69.4 Å². The van der Waals surface area contributed by atoms with Crippen LogP contribution in [0.1, 0.15) is 0 Å². The molecule has 0 rings (SSSR count). The second-order valence-corrected chi connectivity index (χ2v) is 0. The van der Waals surface area contributed by atoms with E-state index >= 15 is 0 Å². The molecule has 0 saturated carbocycles. The van der Waals surface area contributed by atoms with Crippen LogP contribution in [0, 0.1) is 0 Å². The molecule has 0 heterocycles. The molecule has 0 atom stereocenters. The minimum atomic E-state index is 0. The first kappa shape index (κ1) is 3920. The molecule has 28 N–H and O–H groups in total. The van der Waals surface area contributed by atoms with Crippen molar-refractivity contribution in [3.05, 3.63) is 86.1 Å². The molecule has 20 heavy (non-hydrogen) atoms. The molecule has 0 amide bonds. The molecule has 2 radical (unpaired) electrons. The second-order valence-electron chi connectivity index (χ2n) is 0. The summed E-state index contributed by atoms with van der Waals surface area (Å²) in [7, 11) is 0. The summed E-state index contributed by atoms with van der Waals surface area (Å²) in [6, 6.07) is 0. The molecule has 0 aliphatic rings. The minimum absolute atomic E-state index is 0. The first-order chi connectivity index (χ1) is 0. The van der Waals surface area contributed by atoms with Gasteiger partial charge in [-0.1, -0.05) is 0 Å². The maximum atomic E-state index is 0. The summed E-state index contributed by atoms with van der Waals surface area (Å²) in [5, 5.41) is 0. The number of halogens is 1. The van der Waals surface area contributed by atoms with Gasteiger partial charge in [0.15, 0.2) is 0 Å². The number of nitrogens with two attached hydrogens (primary N) is 14. The van der Waals surface area contributed by atoms with Crippen molar-refractivity contribution in [3.8, 4) is 0 Å². The number of rotatable bonds is 0. The van der Waals surface area contributed by atoms with Crippen molar-refractivity contribution in [2.75, 3.05) is 0 Å². The van der Waals surface area contributed by atoms with Crippen LogP contribution in [0.2, 0.25) is 0 Å². The van der Waals surface area contributed by atoms with Crippen LogP contribution in [0.15, 0.2) is 0 Å². The zero-order valence-corrected chi connectivity index (χ0v) is 16.3. The van der Waals surface area contributed by atoms with E-state index in [1.807, 2.05) is 0 Å². The Morgan fingerprint density at radius 1 is 0.250 bits per heavy atom. The molecule has 0 aliphatic heterocycles. The van der Waals surface area contributed by atoms with E-state index in [1.165, 1.54) is 0 Å². The number of hydrogen-bond acceptors (Lipinski definition) is 0. The fourth-order valence-electron chi connectivity index (χ4n) is 0. The van der Waals surface area contributed by atoms with E-state index in [0.29, 0.717) is 0 Å². The third-order valence-electron chi connectivity index (χ3n) is 0. The van der Waals surface area contributed by atoms with E-state index in [2.05, 4.69) is 0 Å². The third-order valence-corrected chi connectivity index (χ3v) is 0. The molecule has 0 aromatic rings. The van der Waals surface area contributed by atoms with Gasteiger partial charge in [0, 0.05) is 19.5 Å².